The molecule has 3 aromatic carbocycles. The molecule has 3 saturated heterocycles. The minimum Gasteiger partial charge on any atom is -0.489 e. The number of anilines is 4. The Morgan fingerprint density at radius 3 is 2.61 bits per heavy atom. The van der Waals surface area contributed by atoms with Crippen LogP contribution < -0.4 is 29.3 Å². The highest BCUT2D eigenvalue weighted by molar-refractivity contribution is 7.90. The molecule has 6 aliphatic rings. The van der Waals surface area contributed by atoms with Gasteiger partial charge >= 0.3 is 0 Å². The summed E-state index contributed by atoms with van der Waals surface area (Å²) in [7, 11) is -4.70. The first-order chi connectivity index (χ1) is 34.4. The van der Waals surface area contributed by atoms with Gasteiger partial charge in [-0.15, -0.1) is 0 Å². The number of nitrogens with zero attached hydrogens (tertiary/aromatic N) is 6. The van der Waals surface area contributed by atoms with Gasteiger partial charge in [0.25, 0.3) is 21.6 Å². The highest BCUT2D eigenvalue weighted by Gasteiger charge is 2.50. The molecule has 1 aliphatic carbocycles. The summed E-state index contributed by atoms with van der Waals surface area (Å²) in [6.45, 7) is 8.10. The Labute approximate surface area is 412 Å². The van der Waals surface area contributed by atoms with Crippen LogP contribution in [0.1, 0.15) is 91.5 Å². The van der Waals surface area contributed by atoms with Gasteiger partial charge < -0.3 is 34.3 Å². The number of sulfonamides is 1. The number of rotatable bonds is 11. The van der Waals surface area contributed by atoms with E-state index in [9.17, 15) is 23.3 Å². The summed E-state index contributed by atoms with van der Waals surface area (Å²) in [5, 5.41) is 16.5. The number of carbonyl (C=O) groups excluding carboxylic acids is 1. The maximum absolute atomic E-state index is 14.7. The van der Waals surface area contributed by atoms with Crippen molar-refractivity contribution >= 4 is 55.4 Å². The van der Waals surface area contributed by atoms with Crippen LogP contribution in [0.5, 0.6) is 11.6 Å². The van der Waals surface area contributed by atoms with E-state index in [1.165, 1.54) is 42.9 Å². The Hall–Kier alpha value is -6.76. The summed E-state index contributed by atoms with van der Waals surface area (Å²) in [5.41, 5.74) is 6.27. The monoisotopic (exact) mass is 979 g/mol. The number of ether oxygens (including phenoxy) is 3. The van der Waals surface area contributed by atoms with Gasteiger partial charge in [-0.1, -0.05) is 44.2 Å². The van der Waals surface area contributed by atoms with Crippen molar-refractivity contribution in [3.05, 3.63) is 130 Å². The van der Waals surface area contributed by atoms with Gasteiger partial charge in [0.2, 0.25) is 5.88 Å². The lowest BCUT2D eigenvalue weighted by Gasteiger charge is -2.56. The zero-order valence-electron chi connectivity index (χ0n) is 39.8. The number of hydrogen-bond donors (Lipinski definition) is 3. The molecule has 71 heavy (non-hydrogen) atoms. The number of pyridine rings is 2. The molecule has 8 heterocycles. The summed E-state index contributed by atoms with van der Waals surface area (Å²) in [6, 6.07) is 26.4. The van der Waals surface area contributed by atoms with Crippen molar-refractivity contribution in [1.82, 2.24) is 24.6 Å². The van der Waals surface area contributed by atoms with Crippen LogP contribution in [-0.4, -0.2) is 103 Å². The molecule has 368 valence electrons. The third-order valence-electron chi connectivity index (χ3n) is 15.8. The van der Waals surface area contributed by atoms with E-state index in [1.807, 2.05) is 41.3 Å². The summed E-state index contributed by atoms with van der Waals surface area (Å²) >= 11 is 0. The molecule has 12 rings (SSSR count). The zero-order chi connectivity index (χ0) is 48.6. The van der Waals surface area contributed by atoms with Gasteiger partial charge in [-0.3, -0.25) is 24.8 Å². The van der Waals surface area contributed by atoms with Gasteiger partial charge in [-0.2, -0.15) is 4.98 Å². The van der Waals surface area contributed by atoms with Crippen LogP contribution in [0.3, 0.4) is 0 Å². The Balaban J connectivity index is 0.828. The van der Waals surface area contributed by atoms with Crippen molar-refractivity contribution in [3.63, 3.8) is 0 Å². The second-order valence-electron chi connectivity index (χ2n) is 20.5. The van der Waals surface area contributed by atoms with E-state index < -0.39 is 37.5 Å². The number of piperidine rings is 1. The van der Waals surface area contributed by atoms with Crippen LogP contribution >= 0.6 is 0 Å². The molecule has 0 bridgehead atoms. The third-order valence-corrected chi connectivity index (χ3v) is 17.2. The largest absolute Gasteiger partial charge is 0.489 e. The third kappa shape index (κ3) is 8.28. The summed E-state index contributed by atoms with van der Waals surface area (Å²) < 4.78 is 49.3. The average Bonchev–Trinajstić information content (AvgIpc) is 4.16. The van der Waals surface area contributed by atoms with Crippen molar-refractivity contribution in [2.24, 2.45) is 5.41 Å². The van der Waals surface area contributed by atoms with Crippen molar-refractivity contribution in [2.75, 3.05) is 54.6 Å². The van der Waals surface area contributed by atoms with Crippen molar-refractivity contribution in [3.8, 4) is 11.6 Å². The first kappa shape index (κ1) is 45.4. The number of nitrogens with one attached hydrogen (secondary N) is 3. The minimum atomic E-state index is -4.70. The van der Waals surface area contributed by atoms with Crippen LogP contribution in [0.2, 0.25) is 0 Å². The van der Waals surface area contributed by atoms with Gasteiger partial charge in [0.1, 0.15) is 24.0 Å². The number of fused-ring (bicyclic) bond motifs is 4. The van der Waals surface area contributed by atoms with E-state index in [0.717, 1.165) is 55.3 Å². The van der Waals surface area contributed by atoms with E-state index in [-0.39, 0.29) is 41.1 Å². The van der Waals surface area contributed by atoms with Crippen molar-refractivity contribution in [2.45, 2.75) is 99.9 Å². The Morgan fingerprint density at radius 2 is 1.80 bits per heavy atom. The summed E-state index contributed by atoms with van der Waals surface area (Å²) in [4.78, 5) is 45.6. The molecule has 0 unspecified atom stereocenters. The van der Waals surface area contributed by atoms with Crippen LogP contribution in [0.25, 0.3) is 11.0 Å². The summed E-state index contributed by atoms with van der Waals surface area (Å²) in [5.74, 6) is -0.0721. The second-order valence-corrected chi connectivity index (χ2v) is 22.2. The number of H-pyrrole nitrogens is 1. The molecule has 1 spiro atoms. The highest BCUT2D eigenvalue weighted by Crippen LogP contribution is 2.55. The number of likely N-dealkylation sites (tertiary alicyclic amines) is 1. The lowest BCUT2D eigenvalue weighted by Crippen LogP contribution is -2.55. The number of amides is 1. The first-order valence-electron chi connectivity index (χ1n) is 24.8. The van der Waals surface area contributed by atoms with E-state index in [1.54, 1.807) is 24.5 Å². The zero-order valence-corrected chi connectivity index (χ0v) is 40.6. The molecule has 4 fully saturated rings. The second kappa shape index (κ2) is 17.8. The standard InChI is InChI=1S/C53H57N9O8S/c1-32(2)39-9-3-4-10-40(39)42-11-7-19-60(42)37-27-53(28-37)15-20-59(21-16-53)36-12-13-41(43(24-36)61-45-22-33-14-18-55-50(33)57-52(45)70-48-31-68-30-46(48)61)51(63)58-71(66,67)38-25-44(62(64)65)49-47(26-38)69-29-35(56-49)23-34-8-5-6-17-54-34/h3-6,8-10,12-14,17-18,22,24-26,32,35,37,42,46,48,56H,7,11,15-16,19-21,23,27-31H2,1-2H3,(H,55,57)(H,58,63)/t35-,42-,46-,48-/m0/s1. The van der Waals surface area contributed by atoms with E-state index in [4.69, 9.17) is 19.2 Å². The predicted octanol–water partition coefficient (Wildman–Crippen LogP) is 8.41. The van der Waals surface area contributed by atoms with Crippen LogP contribution in [0.4, 0.5) is 28.4 Å². The molecule has 4 atom stereocenters. The minimum absolute atomic E-state index is 0.0107. The van der Waals surface area contributed by atoms with E-state index in [2.05, 4.69) is 67.9 Å². The molecule has 18 heteroatoms. The van der Waals surface area contributed by atoms with E-state index >= 15 is 0 Å². The fraction of sp³-hybridized carbons (Fsp3) is 0.415. The average molecular weight is 980 g/mol. The Bertz CT molecular complexity index is 3150. The topological polar surface area (TPSA) is 197 Å². The lowest BCUT2D eigenvalue weighted by atomic mass is 9.59. The molecule has 3 aromatic heterocycles. The number of aromatic nitrogens is 3. The Kier molecular flexibility index (Phi) is 11.4. The first-order valence-corrected chi connectivity index (χ1v) is 26.3. The molecule has 0 radical (unpaired) electrons. The van der Waals surface area contributed by atoms with Gasteiger partial charge in [-0.05, 0) is 110 Å². The van der Waals surface area contributed by atoms with Crippen molar-refractivity contribution in [1.29, 1.82) is 0 Å². The quantitative estimate of drug-likeness (QED) is 0.0826. The molecule has 1 amide bonds. The number of benzene rings is 3. The number of nitro benzene ring substituents is 1. The molecule has 3 N–H and O–H groups in total. The maximum atomic E-state index is 14.7. The molecule has 5 aliphatic heterocycles. The molecule has 6 aromatic rings. The van der Waals surface area contributed by atoms with Crippen LogP contribution in [0, 0.1) is 15.5 Å². The van der Waals surface area contributed by atoms with Gasteiger partial charge in [0, 0.05) is 72.9 Å². The van der Waals surface area contributed by atoms with Crippen molar-refractivity contribution < 1.29 is 32.3 Å². The van der Waals surface area contributed by atoms with Crippen LogP contribution in [-0.2, 0) is 21.2 Å². The van der Waals surface area contributed by atoms with Gasteiger partial charge in [0.15, 0.2) is 11.4 Å². The number of hydrogen-bond acceptors (Lipinski definition) is 14. The molecule has 17 nitrogen and oxygen atoms in total. The highest BCUT2D eigenvalue weighted by atomic mass is 32.2. The Morgan fingerprint density at radius 1 is 0.972 bits per heavy atom. The smallest absolute Gasteiger partial charge is 0.297 e. The van der Waals surface area contributed by atoms with E-state index in [0.29, 0.717) is 60.5 Å². The number of nitro groups is 1. The number of aromatic amines is 1. The SMILES string of the molecule is CC(C)c1ccccc1[C@@H]1CCCN1C1CC2(CCN(c3ccc(C(=O)NS(=O)(=O)c4cc5c(c([N+](=O)[O-])c4)N[C@@H](Cc4ccccn4)CO5)c(N4c5cc6cc[nH]c6nc5O[C@H]5COC[C@@H]54)c3)CC2)C1. The van der Waals surface area contributed by atoms with Crippen LogP contribution in [0.15, 0.2) is 102 Å². The molecular weight excluding hydrogens is 923 g/mol. The molecule has 1 saturated carbocycles. The normalized spacial score (nSPS) is 22.8. The van der Waals surface area contributed by atoms with Gasteiger partial charge in [0.05, 0.1) is 46.4 Å². The van der Waals surface area contributed by atoms with Gasteiger partial charge in [-0.25, -0.2) is 13.1 Å². The predicted molar refractivity (Wildman–Crippen MR) is 268 cm³/mol. The number of carbonyl (C=O) groups is 1. The fourth-order valence-corrected chi connectivity index (χ4v) is 13.2. The summed E-state index contributed by atoms with van der Waals surface area (Å²) in [6.07, 6.45) is 10.4. The maximum Gasteiger partial charge on any atom is 0.297 e. The lowest BCUT2D eigenvalue weighted by molar-refractivity contribution is -0.384. The molecular formula is C53H57N9O8S. The fourth-order valence-electron chi connectivity index (χ4n) is 12.2.